The summed E-state index contributed by atoms with van der Waals surface area (Å²) in [5.74, 6) is 0. The first-order valence-corrected chi connectivity index (χ1v) is 8.66. The van der Waals surface area contributed by atoms with E-state index in [2.05, 4.69) is 33.0 Å². The number of aliphatic hydroxyl groups excluding tert-OH is 1. The topological polar surface area (TPSA) is 23.5 Å². The smallest absolute Gasteiger partial charge is 0.0692 e. The van der Waals surface area contributed by atoms with Crippen LogP contribution in [-0.2, 0) is 6.61 Å². The molecular weight excluding hydrogens is 314 g/mol. The molecule has 110 valence electrons. The molecule has 1 aromatic carbocycles. The van der Waals surface area contributed by atoms with Gasteiger partial charge in [-0.2, -0.15) is 0 Å². The largest absolute Gasteiger partial charge is 0.392 e. The Bertz CT molecular complexity index is 458. The van der Waals surface area contributed by atoms with E-state index in [9.17, 15) is 5.11 Å². The van der Waals surface area contributed by atoms with Gasteiger partial charge in [-0.3, -0.25) is 0 Å². The van der Waals surface area contributed by atoms with Gasteiger partial charge in [0.1, 0.15) is 0 Å². The monoisotopic (exact) mass is 337 g/mol. The molecule has 0 radical (unpaired) electrons. The van der Waals surface area contributed by atoms with Crippen molar-refractivity contribution >= 4 is 21.6 Å². The molecule has 20 heavy (non-hydrogen) atoms. The van der Waals surface area contributed by atoms with Gasteiger partial charge in [0, 0.05) is 23.2 Å². The van der Waals surface area contributed by atoms with Gasteiger partial charge in [0.2, 0.25) is 0 Å². The van der Waals surface area contributed by atoms with Crippen LogP contribution in [0.4, 0.5) is 5.69 Å². The second-order valence-corrected chi connectivity index (χ2v) is 7.34. The molecule has 1 heterocycles. The highest BCUT2D eigenvalue weighted by Gasteiger charge is 2.35. The molecule has 1 aliphatic heterocycles. The lowest BCUT2D eigenvalue weighted by molar-refractivity contribution is 0.144. The number of hydrogen-bond acceptors (Lipinski definition) is 2. The van der Waals surface area contributed by atoms with Crippen molar-refractivity contribution in [3.63, 3.8) is 0 Å². The zero-order valence-corrected chi connectivity index (χ0v) is 13.7. The summed E-state index contributed by atoms with van der Waals surface area (Å²) < 4.78 is 1.02. The first-order valence-electron chi connectivity index (χ1n) is 7.87. The first-order chi connectivity index (χ1) is 9.72. The maximum atomic E-state index is 9.24. The van der Waals surface area contributed by atoms with Crippen LogP contribution >= 0.6 is 15.9 Å². The second kappa shape index (κ2) is 6.07. The van der Waals surface area contributed by atoms with Crippen molar-refractivity contribution in [3.8, 4) is 0 Å². The van der Waals surface area contributed by atoms with E-state index in [-0.39, 0.29) is 6.61 Å². The van der Waals surface area contributed by atoms with Crippen molar-refractivity contribution in [1.82, 2.24) is 0 Å². The van der Waals surface area contributed by atoms with Gasteiger partial charge in [-0.05, 0) is 48.8 Å². The summed E-state index contributed by atoms with van der Waals surface area (Å²) in [6.07, 6.45) is 9.94. The molecule has 0 aromatic heterocycles. The third kappa shape index (κ3) is 2.89. The highest BCUT2D eigenvalue weighted by Crippen LogP contribution is 2.45. The summed E-state index contributed by atoms with van der Waals surface area (Å²) in [4.78, 5) is 2.51. The Morgan fingerprint density at radius 1 is 1.05 bits per heavy atom. The third-order valence-corrected chi connectivity index (χ3v) is 6.05. The zero-order valence-electron chi connectivity index (χ0n) is 12.1. The number of hydrogen-bond donors (Lipinski definition) is 1. The molecule has 3 heteroatoms. The molecule has 1 saturated carbocycles. The van der Waals surface area contributed by atoms with Crippen LogP contribution in [0.25, 0.3) is 0 Å². The molecule has 2 fully saturated rings. The van der Waals surface area contributed by atoms with Gasteiger partial charge in [0.05, 0.1) is 6.61 Å². The fraction of sp³-hybridized carbons (Fsp3) is 0.647. The van der Waals surface area contributed by atoms with Crippen LogP contribution in [0.15, 0.2) is 22.7 Å². The fourth-order valence-corrected chi connectivity index (χ4v) is 4.39. The molecule has 0 unspecified atom stereocenters. The Balaban J connectivity index is 1.67. The maximum Gasteiger partial charge on any atom is 0.0692 e. The van der Waals surface area contributed by atoms with Crippen LogP contribution < -0.4 is 4.90 Å². The Kier molecular flexibility index (Phi) is 4.37. The minimum absolute atomic E-state index is 0.101. The highest BCUT2D eigenvalue weighted by atomic mass is 79.9. The van der Waals surface area contributed by atoms with E-state index in [1.165, 1.54) is 63.7 Å². The van der Waals surface area contributed by atoms with Crippen molar-refractivity contribution in [3.05, 3.63) is 28.2 Å². The molecule has 1 aliphatic carbocycles. The predicted octanol–water partition coefficient (Wildman–Crippen LogP) is 4.49. The van der Waals surface area contributed by atoms with Crippen LogP contribution in [0.2, 0.25) is 0 Å². The number of aliphatic hydroxyl groups is 1. The van der Waals surface area contributed by atoms with E-state index < -0.39 is 0 Å². The number of rotatable bonds is 2. The Labute approximate surface area is 130 Å². The Morgan fingerprint density at radius 3 is 2.35 bits per heavy atom. The molecular formula is C17H24BrNO. The summed E-state index contributed by atoms with van der Waals surface area (Å²) in [6, 6.07) is 6.34. The molecule has 1 N–H and O–H groups in total. The zero-order chi connectivity index (χ0) is 14.0. The SMILES string of the molecule is OCc1ccc(N2CCC3(CCCCC3)CC2)cc1Br. The Morgan fingerprint density at radius 2 is 1.75 bits per heavy atom. The average Bonchev–Trinajstić information content (AvgIpc) is 2.49. The average molecular weight is 338 g/mol. The van der Waals surface area contributed by atoms with E-state index in [0.29, 0.717) is 5.41 Å². The molecule has 1 spiro atoms. The van der Waals surface area contributed by atoms with Crippen LogP contribution in [-0.4, -0.2) is 18.2 Å². The number of halogens is 1. The highest BCUT2D eigenvalue weighted by molar-refractivity contribution is 9.10. The van der Waals surface area contributed by atoms with Crippen molar-refractivity contribution in [2.24, 2.45) is 5.41 Å². The van der Waals surface area contributed by atoms with Crippen molar-refractivity contribution in [2.75, 3.05) is 18.0 Å². The quantitative estimate of drug-likeness (QED) is 0.859. The summed E-state index contributed by atoms with van der Waals surface area (Å²) in [5.41, 5.74) is 2.92. The predicted molar refractivity (Wildman–Crippen MR) is 87.0 cm³/mol. The van der Waals surface area contributed by atoms with Gasteiger partial charge in [0.15, 0.2) is 0 Å². The summed E-state index contributed by atoms with van der Waals surface area (Å²) in [6.45, 7) is 2.47. The van der Waals surface area contributed by atoms with Crippen LogP contribution in [0.5, 0.6) is 0 Å². The lowest BCUT2D eigenvalue weighted by Crippen LogP contribution is -2.41. The van der Waals surface area contributed by atoms with Crippen molar-refractivity contribution in [2.45, 2.75) is 51.6 Å². The van der Waals surface area contributed by atoms with E-state index >= 15 is 0 Å². The third-order valence-electron chi connectivity index (χ3n) is 5.31. The molecule has 1 saturated heterocycles. The summed E-state index contributed by atoms with van der Waals surface area (Å²) in [5, 5.41) is 9.24. The number of piperidine rings is 1. The van der Waals surface area contributed by atoms with Gasteiger partial charge in [-0.15, -0.1) is 0 Å². The van der Waals surface area contributed by atoms with E-state index in [1.54, 1.807) is 0 Å². The molecule has 3 rings (SSSR count). The van der Waals surface area contributed by atoms with E-state index in [0.717, 1.165) is 10.0 Å². The van der Waals surface area contributed by atoms with Crippen LogP contribution in [0.1, 0.15) is 50.5 Å². The van der Waals surface area contributed by atoms with E-state index in [4.69, 9.17) is 0 Å². The van der Waals surface area contributed by atoms with Crippen LogP contribution in [0, 0.1) is 5.41 Å². The van der Waals surface area contributed by atoms with Gasteiger partial charge in [-0.1, -0.05) is 41.3 Å². The lowest BCUT2D eigenvalue weighted by Gasteiger charge is -2.45. The standard InChI is InChI=1S/C17H24BrNO/c18-16-12-15(5-4-14(16)13-20)19-10-8-17(9-11-19)6-2-1-3-7-17/h4-5,12,20H,1-3,6-11,13H2. The summed E-state index contributed by atoms with van der Waals surface area (Å²) >= 11 is 3.56. The molecule has 0 amide bonds. The molecule has 2 nitrogen and oxygen atoms in total. The number of benzene rings is 1. The maximum absolute atomic E-state index is 9.24. The minimum Gasteiger partial charge on any atom is -0.392 e. The second-order valence-electron chi connectivity index (χ2n) is 6.48. The summed E-state index contributed by atoms with van der Waals surface area (Å²) in [7, 11) is 0. The molecule has 1 aromatic rings. The molecule has 0 atom stereocenters. The van der Waals surface area contributed by atoms with Gasteiger partial charge in [0.25, 0.3) is 0 Å². The van der Waals surface area contributed by atoms with Crippen molar-refractivity contribution in [1.29, 1.82) is 0 Å². The van der Waals surface area contributed by atoms with Gasteiger partial charge in [-0.25, -0.2) is 0 Å². The fourth-order valence-electron chi connectivity index (χ4n) is 3.90. The number of nitrogens with zero attached hydrogens (tertiary/aromatic N) is 1. The van der Waals surface area contributed by atoms with Crippen LogP contribution in [0.3, 0.4) is 0 Å². The first kappa shape index (κ1) is 14.4. The van der Waals surface area contributed by atoms with E-state index in [1.807, 2.05) is 6.07 Å². The normalized spacial score (nSPS) is 22.2. The molecule has 2 aliphatic rings. The van der Waals surface area contributed by atoms with Gasteiger partial charge < -0.3 is 10.0 Å². The minimum atomic E-state index is 0.101. The number of anilines is 1. The Hall–Kier alpha value is -0.540. The molecule has 0 bridgehead atoms. The lowest BCUT2D eigenvalue weighted by atomic mass is 9.68. The van der Waals surface area contributed by atoms with Gasteiger partial charge >= 0.3 is 0 Å². The van der Waals surface area contributed by atoms with Crippen molar-refractivity contribution < 1.29 is 5.11 Å².